The molecule has 0 radical (unpaired) electrons. The summed E-state index contributed by atoms with van der Waals surface area (Å²) >= 11 is 1.76. The van der Waals surface area contributed by atoms with Crippen LogP contribution in [0.1, 0.15) is 20.3 Å². The first kappa shape index (κ1) is 9.36. The maximum absolute atomic E-state index is 10.0. The largest absolute Gasteiger partial charge is 0.396 e. The SMILES string of the molecule is CC(C)(CO)C1(O)CCSC1. The average Bonchev–Trinajstić information content (AvgIpc) is 2.38. The average molecular weight is 176 g/mol. The van der Waals surface area contributed by atoms with Gasteiger partial charge < -0.3 is 10.2 Å². The fraction of sp³-hybridized carbons (Fsp3) is 1.00. The van der Waals surface area contributed by atoms with Crippen molar-refractivity contribution in [2.45, 2.75) is 25.9 Å². The summed E-state index contributed by atoms with van der Waals surface area (Å²) in [6.45, 7) is 3.89. The number of aliphatic hydroxyl groups excluding tert-OH is 1. The Morgan fingerprint density at radius 2 is 2.18 bits per heavy atom. The van der Waals surface area contributed by atoms with Gasteiger partial charge in [-0.3, -0.25) is 0 Å². The van der Waals surface area contributed by atoms with E-state index in [0.29, 0.717) is 0 Å². The van der Waals surface area contributed by atoms with Gasteiger partial charge in [-0.15, -0.1) is 0 Å². The topological polar surface area (TPSA) is 40.5 Å². The van der Waals surface area contributed by atoms with Crippen LogP contribution in [-0.2, 0) is 0 Å². The van der Waals surface area contributed by atoms with E-state index in [1.165, 1.54) is 0 Å². The molecular weight excluding hydrogens is 160 g/mol. The van der Waals surface area contributed by atoms with Crippen LogP contribution in [0.5, 0.6) is 0 Å². The highest BCUT2D eigenvalue weighted by Crippen LogP contribution is 2.41. The fourth-order valence-corrected chi connectivity index (χ4v) is 2.73. The molecule has 0 saturated carbocycles. The van der Waals surface area contributed by atoms with Gasteiger partial charge in [-0.25, -0.2) is 0 Å². The highest BCUT2D eigenvalue weighted by molar-refractivity contribution is 7.99. The third-order valence-corrected chi connectivity index (χ3v) is 3.83. The molecule has 1 aliphatic rings. The molecule has 2 N–H and O–H groups in total. The van der Waals surface area contributed by atoms with Gasteiger partial charge in [0.15, 0.2) is 0 Å². The van der Waals surface area contributed by atoms with E-state index in [4.69, 9.17) is 5.11 Å². The van der Waals surface area contributed by atoms with Gasteiger partial charge in [-0.1, -0.05) is 13.8 Å². The monoisotopic (exact) mass is 176 g/mol. The second kappa shape index (κ2) is 2.96. The van der Waals surface area contributed by atoms with Crippen LogP contribution in [0.25, 0.3) is 0 Å². The van der Waals surface area contributed by atoms with Gasteiger partial charge in [0.1, 0.15) is 0 Å². The zero-order valence-electron chi connectivity index (χ0n) is 7.13. The van der Waals surface area contributed by atoms with Gasteiger partial charge >= 0.3 is 0 Å². The molecule has 0 aromatic rings. The van der Waals surface area contributed by atoms with Crippen LogP contribution in [0, 0.1) is 5.41 Å². The molecule has 1 unspecified atom stereocenters. The van der Waals surface area contributed by atoms with E-state index in [-0.39, 0.29) is 12.0 Å². The minimum Gasteiger partial charge on any atom is -0.396 e. The van der Waals surface area contributed by atoms with Crippen LogP contribution in [0.3, 0.4) is 0 Å². The molecule has 1 saturated heterocycles. The number of rotatable bonds is 2. The molecule has 1 rings (SSSR count). The lowest BCUT2D eigenvalue weighted by atomic mass is 9.75. The van der Waals surface area contributed by atoms with Crippen LogP contribution in [0.15, 0.2) is 0 Å². The first-order valence-corrected chi connectivity index (χ1v) is 5.08. The van der Waals surface area contributed by atoms with E-state index in [1.54, 1.807) is 11.8 Å². The van der Waals surface area contributed by atoms with Gasteiger partial charge in [0.05, 0.1) is 12.2 Å². The van der Waals surface area contributed by atoms with Gasteiger partial charge in [0.25, 0.3) is 0 Å². The van der Waals surface area contributed by atoms with Crippen molar-refractivity contribution in [3.8, 4) is 0 Å². The number of thioether (sulfide) groups is 1. The van der Waals surface area contributed by atoms with Gasteiger partial charge in [0.2, 0.25) is 0 Å². The Morgan fingerprint density at radius 1 is 1.55 bits per heavy atom. The molecule has 3 heteroatoms. The first-order chi connectivity index (χ1) is 5.02. The summed E-state index contributed by atoms with van der Waals surface area (Å²) in [5.41, 5.74) is -0.997. The summed E-state index contributed by atoms with van der Waals surface area (Å²) in [5, 5.41) is 19.1. The number of hydrogen-bond acceptors (Lipinski definition) is 3. The summed E-state index contributed by atoms with van der Waals surface area (Å²) in [6, 6.07) is 0. The van der Waals surface area contributed by atoms with E-state index < -0.39 is 5.60 Å². The lowest BCUT2D eigenvalue weighted by Gasteiger charge is -2.37. The molecule has 1 heterocycles. The lowest BCUT2D eigenvalue weighted by molar-refractivity contribution is -0.0702. The standard InChI is InChI=1S/C8H16O2S/c1-7(2,5-9)8(10)3-4-11-6-8/h9-10H,3-6H2,1-2H3. The van der Waals surface area contributed by atoms with Crippen molar-refractivity contribution in [1.82, 2.24) is 0 Å². The minimum absolute atomic E-state index is 0.0596. The van der Waals surface area contributed by atoms with Crippen LogP contribution in [0.4, 0.5) is 0 Å². The van der Waals surface area contributed by atoms with E-state index in [0.717, 1.165) is 17.9 Å². The molecule has 0 spiro atoms. The van der Waals surface area contributed by atoms with Crippen LogP contribution < -0.4 is 0 Å². The molecule has 1 fully saturated rings. The Kier molecular flexibility index (Phi) is 2.52. The molecule has 2 nitrogen and oxygen atoms in total. The predicted molar refractivity (Wildman–Crippen MR) is 47.8 cm³/mol. The number of aliphatic hydroxyl groups is 2. The van der Waals surface area contributed by atoms with Gasteiger partial charge in [-0.2, -0.15) is 11.8 Å². The van der Waals surface area contributed by atoms with E-state index in [9.17, 15) is 5.11 Å². The Labute approximate surface area is 72.0 Å². The zero-order valence-corrected chi connectivity index (χ0v) is 7.95. The normalized spacial score (nSPS) is 32.7. The molecule has 11 heavy (non-hydrogen) atoms. The fourth-order valence-electron chi connectivity index (χ4n) is 1.24. The molecule has 0 aliphatic carbocycles. The van der Waals surface area contributed by atoms with Crippen LogP contribution in [0.2, 0.25) is 0 Å². The first-order valence-electron chi connectivity index (χ1n) is 3.93. The maximum atomic E-state index is 10.0. The number of hydrogen-bond donors (Lipinski definition) is 2. The van der Waals surface area contributed by atoms with E-state index >= 15 is 0 Å². The van der Waals surface area contributed by atoms with Crippen LogP contribution in [-0.4, -0.2) is 33.9 Å². The quantitative estimate of drug-likeness (QED) is 0.656. The predicted octanol–water partition coefficient (Wildman–Crippen LogP) is 0.873. The van der Waals surface area contributed by atoms with Crippen molar-refractivity contribution in [2.24, 2.45) is 5.41 Å². The smallest absolute Gasteiger partial charge is 0.0818 e. The van der Waals surface area contributed by atoms with Crippen molar-refractivity contribution >= 4 is 11.8 Å². The maximum Gasteiger partial charge on any atom is 0.0818 e. The van der Waals surface area contributed by atoms with E-state index in [1.807, 2.05) is 13.8 Å². The van der Waals surface area contributed by atoms with Crippen molar-refractivity contribution < 1.29 is 10.2 Å². The third-order valence-electron chi connectivity index (χ3n) is 2.66. The lowest BCUT2D eigenvalue weighted by Crippen LogP contribution is -2.47. The second-order valence-corrected chi connectivity index (χ2v) is 4.98. The van der Waals surface area contributed by atoms with Crippen molar-refractivity contribution in [1.29, 1.82) is 0 Å². The molecule has 66 valence electrons. The van der Waals surface area contributed by atoms with Crippen molar-refractivity contribution in [3.05, 3.63) is 0 Å². The molecule has 0 aromatic heterocycles. The summed E-state index contributed by atoms with van der Waals surface area (Å²) in [5.74, 6) is 1.78. The van der Waals surface area contributed by atoms with Gasteiger partial charge in [-0.05, 0) is 12.2 Å². The summed E-state index contributed by atoms with van der Waals surface area (Å²) in [6.07, 6.45) is 0.811. The Balaban J connectivity index is 2.69. The van der Waals surface area contributed by atoms with Crippen LogP contribution >= 0.6 is 11.8 Å². The molecule has 0 aromatic carbocycles. The molecule has 0 amide bonds. The van der Waals surface area contributed by atoms with Gasteiger partial charge in [0, 0.05) is 11.2 Å². The zero-order chi connectivity index (χ0) is 8.54. The molecule has 1 atom stereocenters. The second-order valence-electron chi connectivity index (χ2n) is 3.88. The van der Waals surface area contributed by atoms with Crippen molar-refractivity contribution in [2.75, 3.05) is 18.1 Å². The summed E-state index contributed by atoms with van der Waals surface area (Å²) < 4.78 is 0. The minimum atomic E-state index is -0.646. The Morgan fingerprint density at radius 3 is 2.55 bits per heavy atom. The highest BCUT2D eigenvalue weighted by atomic mass is 32.2. The van der Waals surface area contributed by atoms with Crippen molar-refractivity contribution in [3.63, 3.8) is 0 Å². The van der Waals surface area contributed by atoms with E-state index in [2.05, 4.69) is 0 Å². The summed E-state index contributed by atoms with van der Waals surface area (Å²) in [7, 11) is 0. The Hall–Kier alpha value is 0.270. The summed E-state index contributed by atoms with van der Waals surface area (Å²) in [4.78, 5) is 0. The molecule has 1 aliphatic heterocycles. The molecule has 0 bridgehead atoms. The molecular formula is C8H16O2S. The third kappa shape index (κ3) is 1.55. The Bertz CT molecular complexity index is 139. The highest BCUT2D eigenvalue weighted by Gasteiger charge is 2.45.